The van der Waals surface area contributed by atoms with Gasteiger partial charge in [0.2, 0.25) is 0 Å². The second kappa shape index (κ2) is 7.38. The maximum atomic E-state index is 11.0. The third kappa shape index (κ3) is 4.31. The van der Waals surface area contributed by atoms with Crippen LogP contribution in [0.15, 0.2) is 22.7 Å². The second-order valence-corrected chi connectivity index (χ2v) is 4.82. The first kappa shape index (κ1) is 15.0. The quantitative estimate of drug-likeness (QED) is 0.820. The topological polar surface area (TPSA) is 61.5 Å². The van der Waals surface area contributed by atoms with Crippen molar-refractivity contribution < 1.29 is 14.3 Å². The fourth-order valence-electron chi connectivity index (χ4n) is 1.66. The highest BCUT2D eigenvalue weighted by Gasteiger charge is 2.11. The summed E-state index contributed by atoms with van der Waals surface area (Å²) in [6.45, 7) is 0. The van der Waals surface area contributed by atoms with Gasteiger partial charge in [-0.1, -0.05) is 22.0 Å². The molecule has 1 unspecified atom stereocenters. The number of ether oxygens (including phenoxy) is 2. The Morgan fingerprint density at radius 1 is 1.44 bits per heavy atom. The van der Waals surface area contributed by atoms with Gasteiger partial charge in [-0.25, -0.2) is 0 Å². The first-order valence-corrected chi connectivity index (χ1v) is 6.53. The summed E-state index contributed by atoms with van der Waals surface area (Å²) in [6, 6.07) is 5.59. The van der Waals surface area contributed by atoms with E-state index in [0.29, 0.717) is 12.8 Å². The molecule has 0 radical (unpaired) electrons. The fourth-order valence-corrected chi connectivity index (χ4v) is 2.31. The van der Waals surface area contributed by atoms with Gasteiger partial charge in [-0.05, 0) is 30.5 Å². The van der Waals surface area contributed by atoms with Crippen LogP contribution in [0.1, 0.15) is 30.9 Å². The molecule has 0 aliphatic heterocycles. The molecule has 1 atom stereocenters. The van der Waals surface area contributed by atoms with E-state index < -0.39 is 0 Å². The molecule has 1 aromatic rings. The third-order valence-corrected chi connectivity index (χ3v) is 3.42. The van der Waals surface area contributed by atoms with Gasteiger partial charge >= 0.3 is 5.97 Å². The lowest BCUT2D eigenvalue weighted by atomic mass is 10.0. The number of halogens is 1. The lowest BCUT2D eigenvalue weighted by molar-refractivity contribution is -0.140. The molecule has 100 valence electrons. The van der Waals surface area contributed by atoms with Gasteiger partial charge in [0.25, 0.3) is 0 Å². The van der Waals surface area contributed by atoms with Crippen LogP contribution in [-0.2, 0) is 9.53 Å². The number of hydrogen-bond donors (Lipinski definition) is 1. The van der Waals surface area contributed by atoms with Crippen LogP contribution >= 0.6 is 15.9 Å². The van der Waals surface area contributed by atoms with E-state index >= 15 is 0 Å². The smallest absolute Gasteiger partial charge is 0.305 e. The van der Waals surface area contributed by atoms with E-state index in [1.807, 2.05) is 18.2 Å². The normalized spacial score (nSPS) is 12.0. The van der Waals surface area contributed by atoms with Crippen molar-refractivity contribution in [2.45, 2.75) is 25.3 Å². The molecular weight excluding hydrogens is 298 g/mol. The Morgan fingerprint density at radius 3 is 2.72 bits per heavy atom. The van der Waals surface area contributed by atoms with Crippen LogP contribution < -0.4 is 10.5 Å². The van der Waals surface area contributed by atoms with Crippen LogP contribution in [0.4, 0.5) is 0 Å². The average molecular weight is 316 g/mol. The molecule has 2 N–H and O–H groups in total. The number of nitrogens with two attached hydrogens (primary N) is 1. The number of methoxy groups -OCH3 is 2. The minimum Gasteiger partial charge on any atom is -0.497 e. The number of rotatable bonds is 6. The predicted octanol–water partition coefficient (Wildman–Crippen LogP) is 2.80. The first-order chi connectivity index (χ1) is 8.58. The molecule has 5 heteroatoms. The number of carbonyl (C=O) groups is 1. The lowest BCUT2D eigenvalue weighted by Crippen LogP contribution is -2.12. The summed E-state index contributed by atoms with van der Waals surface area (Å²) in [5, 5.41) is 0. The van der Waals surface area contributed by atoms with Gasteiger partial charge in [-0.15, -0.1) is 0 Å². The Hall–Kier alpha value is -1.07. The molecule has 0 fully saturated rings. The predicted molar refractivity (Wildman–Crippen MR) is 73.5 cm³/mol. The molecule has 1 rings (SSSR count). The van der Waals surface area contributed by atoms with E-state index in [-0.39, 0.29) is 12.0 Å². The second-order valence-electron chi connectivity index (χ2n) is 3.96. The van der Waals surface area contributed by atoms with E-state index in [4.69, 9.17) is 10.5 Å². The molecule has 0 aliphatic carbocycles. The van der Waals surface area contributed by atoms with Crippen molar-refractivity contribution in [2.24, 2.45) is 5.73 Å². The molecule has 4 nitrogen and oxygen atoms in total. The molecule has 0 heterocycles. The highest BCUT2D eigenvalue weighted by molar-refractivity contribution is 9.10. The van der Waals surface area contributed by atoms with Crippen molar-refractivity contribution >= 4 is 21.9 Å². The average Bonchev–Trinajstić information content (AvgIpc) is 2.37. The summed E-state index contributed by atoms with van der Waals surface area (Å²) >= 11 is 3.47. The SMILES string of the molecule is COC(=O)CCCC(N)c1ccc(OC)cc1Br. The van der Waals surface area contributed by atoms with Gasteiger partial charge in [0.05, 0.1) is 14.2 Å². The largest absolute Gasteiger partial charge is 0.497 e. The van der Waals surface area contributed by atoms with Crippen molar-refractivity contribution in [3.8, 4) is 5.75 Å². The number of hydrogen-bond acceptors (Lipinski definition) is 4. The maximum Gasteiger partial charge on any atom is 0.305 e. The van der Waals surface area contributed by atoms with Gasteiger partial charge < -0.3 is 15.2 Å². The van der Waals surface area contributed by atoms with Crippen molar-refractivity contribution in [3.05, 3.63) is 28.2 Å². The van der Waals surface area contributed by atoms with Crippen molar-refractivity contribution in [2.75, 3.05) is 14.2 Å². The molecular formula is C13H18BrNO3. The Bertz CT molecular complexity index is 409. The molecule has 0 saturated carbocycles. The summed E-state index contributed by atoms with van der Waals surface area (Å²) < 4.78 is 10.6. The lowest BCUT2D eigenvalue weighted by Gasteiger charge is -2.14. The Balaban J connectivity index is 2.56. The minimum atomic E-state index is -0.198. The molecule has 18 heavy (non-hydrogen) atoms. The monoisotopic (exact) mass is 315 g/mol. The van der Waals surface area contributed by atoms with Gasteiger partial charge in [-0.2, -0.15) is 0 Å². The molecule has 0 amide bonds. The Morgan fingerprint density at radius 2 is 2.17 bits per heavy atom. The molecule has 0 aromatic heterocycles. The van der Waals surface area contributed by atoms with E-state index in [9.17, 15) is 4.79 Å². The molecule has 0 spiro atoms. The standard InChI is InChI=1S/C13H18BrNO3/c1-17-9-6-7-10(11(14)8-9)12(15)4-3-5-13(16)18-2/h6-8,12H,3-5,15H2,1-2H3. The summed E-state index contributed by atoms with van der Waals surface area (Å²) in [5.41, 5.74) is 7.11. The van der Waals surface area contributed by atoms with E-state index in [1.165, 1.54) is 7.11 Å². The number of benzene rings is 1. The number of esters is 1. The Kier molecular flexibility index (Phi) is 6.15. The summed E-state index contributed by atoms with van der Waals surface area (Å²) in [4.78, 5) is 11.0. The van der Waals surface area contributed by atoms with Crippen LogP contribution in [-0.4, -0.2) is 20.2 Å². The van der Waals surface area contributed by atoms with Crippen LogP contribution in [0.25, 0.3) is 0 Å². The van der Waals surface area contributed by atoms with Gasteiger partial charge in [-0.3, -0.25) is 4.79 Å². The zero-order chi connectivity index (χ0) is 13.5. The van der Waals surface area contributed by atoms with Crippen LogP contribution in [0.3, 0.4) is 0 Å². The van der Waals surface area contributed by atoms with Crippen molar-refractivity contribution in [1.82, 2.24) is 0 Å². The van der Waals surface area contributed by atoms with Crippen LogP contribution in [0.5, 0.6) is 5.75 Å². The van der Waals surface area contributed by atoms with Crippen LogP contribution in [0.2, 0.25) is 0 Å². The first-order valence-electron chi connectivity index (χ1n) is 5.74. The summed E-state index contributed by atoms with van der Waals surface area (Å²) in [5.74, 6) is 0.586. The summed E-state index contributed by atoms with van der Waals surface area (Å²) in [6.07, 6.45) is 1.85. The van der Waals surface area contributed by atoms with Crippen LogP contribution in [0, 0.1) is 0 Å². The van der Waals surface area contributed by atoms with Gasteiger partial charge in [0.15, 0.2) is 0 Å². The molecule has 0 saturated heterocycles. The minimum absolute atomic E-state index is 0.102. The van der Waals surface area contributed by atoms with Crippen molar-refractivity contribution in [3.63, 3.8) is 0 Å². The zero-order valence-electron chi connectivity index (χ0n) is 10.6. The third-order valence-electron chi connectivity index (χ3n) is 2.73. The van der Waals surface area contributed by atoms with E-state index in [0.717, 1.165) is 22.2 Å². The zero-order valence-corrected chi connectivity index (χ0v) is 12.2. The highest BCUT2D eigenvalue weighted by atomic mass is 79.9. The summed E-state index contributed by atoms with van der Waals surface area (Å²) in [7, 11) is 3.01. The molecule has 0 bridgehead atoms. The van der Waals surface area contributed by atoms with Gasteiger partial charge in [0.1, 0.15) is 5.75 Å². The number of carbonyl (C=O) groups excluding carboxylic acids is 1. The maximum absolute atomic E-state index is 11.0. The fraction of sp³-hybridized carbons (Fsp3) is 0.462. The van der Waals surface area contributed by atoms with Crippen molar-refractivity contribution in [1.29, 1.82) is 0 Å². The van der Waals surface area contributed by atoms with Gasteiger partial charge in [0, 0.05) is 16.9 Å². The molecule has 1 aromatic carbocycles. The van der Waals surface area contributed by atoms with E-state index in [1.54, 1.807) is 7.11 Å². The van der Waals surface area contributed by atoms with E-state index in [2.05, 4.69) is 20.7 Å². The molecule has 0 aliphatic rings. The Labute approximate surface area is 116 Å². The highest BCUT2D eigenvalue weighted by Crippen LogP contribution is 2.28.